The SMILES string of the molecule is COc1cc(OC)cc(C(=O)N(CC(=O)N(Cc2ccccc2)Cc2ccc(C)s2)C(C)(C)C)c1. The Morgan fingerprint density at radius 2 is 1.51 bits per heavy atom. The standard InChI is InChI=1S/C28H34N2O4S/c1-20-12-13-25(35-20)18-29(17-21-10-8-7-9-11-21)26(31)19-30(28(2,3)4)27(32)22-14-23(33-5)16-24(15-22)34-6/h7-16H,17-19H2,1-6H3. The second-order valence-corrected chi connectivity index (χ2v) is 10.8. The maximum atomic E-state index is 13.7. The van der Waals surface area contributed by atoms with E-state index in [0.717, 1.165) is 10.4 Å². The molecule has 6 nitrogen and oxygen atoms in total. The summed E-state index contributed by atoms with van der Waals surface area (Å²) in [7, 11) is 3.09. The van der Waals surface area contributed by atoms with Crippen LogP contribution in [-0.2, 0) is 17.9 Å². The predicted molar refractivity (Wildman–Crippen MR) is 140 cm³/mol. The first kappa shape index (κ1) is 26.3. The molecule has 0 bridgehead atoms. The average molecular weight is 495 g/mol. The number of hydrogen-bond donors (Lipinski definition) is 0. The first-order valence-electron chi connectivity index (χ1n) is 11.5. The zero-order chi connectivity index (χ0) is 25.6. The molecule has 0 N–H and O–H groups in total. The molecule has 3 aromatic rings. The van der Waals surface area contributed by atoms with Gasteiger partial charge in [-0.3, -0.25) is 9.59 Å². The molecule has 186 valence electrons. The molecule has 3 rings (SSSR count). The Hall–Kier alpha value is -3.32. The minimum atomic E-state index is -0.582. The van der Waals surface area contributed by atoms with Crippen LogP contribution in [0.5, 0.6) is 11.5 Å². The van der Waals surface area contributed by atoms with Gasteiger partial charge in [0.05, 0.1) is 20.8 Å². The summed E-state index contributed by atoms with van der Waals surface area (Å²) in [4.78, 5) is 33.1. The van der Waals surface area contributed by atoms with Crippen molar-refractivity contribution < 1.29 is 19.1 Å². The van der Waals surface area contributed by atoms with Gasteiger partial charge in [-0.15, -0.1) is 11.3 Å². The number of nitrogens with zero attached hydrogens (tertiary/aromatic N) is 2. The van der Waals surface area contributed by atoms with E-state index in [-0.39, 0.29) is 18.4 Å². The third-order valence-corrected chi connectivity index (χ3v) is 6.64. The van der Waals surface area contributed by atoms with E-state index >= 15 is 0 Å². The van der Waals surface area contributed by atoms with Gasteiger partial charge in [0, 0.05) is 33.5 Å². The molecular formula is C28H34N2O4S. The predicted octanol–water partition coefficient (Wildman–Crippen LogP) is 5.54. The van der Waals surface area contributed by atoms with E-state index in [4.69, 9.17) is 9.47 Å². The van der Waals surface area contributed by atoms with Crippen LogP contribution in [0.1, 0.15) is 46.4 Å². The van der Waals surface area contributed by atoms with Crippen LogP contribution in [0.3, 0.4) is 0 Å². The molecule has 1 heterocycles. The monoisotopic (exact) mass is 494 g/mol. The molecule has 2 aromatic carbocycles. The summed E-state index contributed by atoms with van der Waals surface area (Å²) in [5.74, 6) is 0.672. The molecule has 0 saturated carbocycles. The lowest BCUT2D eigenvalue weighted by atomic mass is 10.0. The maximum absolute atomic E-state index is 13.7. The number of thiophene rings is 1. The van der Waals surface area contributed by atoms with Crippen molar-refractivity contribution >= 4 is 23.2 Å². The number of ether oxygens (including phenoxy) is 2. The molecule has 0 spiro atoms. The van der Waals surface area contributed by atoms with Gasteiger partial charge in [0.15, 0.2) is 0 Å². The van der Waals surface area contributed by atoms with Crippen molar-refractivity contribution in [1.29, 1.82) is 0 Å². The Balaban J connectivity index is 1.89. The van der Waals surface area contributed by atoms with Crippen molar-refractivity contribution in [2.24, 2.45) is 0 Å². The van der Waals surface area contributed by atoms with Crippen molar-refractivity contribution in [3.05, 3.63) is 81.5 Å². The summed E-state index contributed by atoms with van der Waals surface area (Å²) in [6.07, 6.45) is 0. The number of amides is 2. The van der Waals surface area contributed by atoms with E-state index in [9.17, 15) is 9.59 Å². The van der Waals surface area contributed by atoms with Gasteiger partial charge in [-0.25, -0.2) is 0 Å². The molecule has 0 atom stereocenters. The zero-order valence-electron chi connectivity index (χ0n) is 21.3. The van der Waals surface area contributed by atoms with Gasteiger partial charge in [0.25, 0.3) is 5.91 Å². The molecular weight excluding hydrogens is 460 g/mol. The van der Waals surface area contributed by atoms with E-state index in [2.05, 4.69) is 19.1 Å². The Kier molecular flexibility index (Phi) is 8.57. The van der Waals surface area contributed by atoms with Crippen molar-refractivity contribution in [3.8, 4) is 11.5 Å². The molecule has 2 amide bonds. The molecule has 1 aromatic heterocycles. The number of carbonyl (C=O) groups excluding carboxylic acids is 2. The Bertz CT molecular complexity index is 1130. The van der Waals surface area contributed by atoms with Crippen LogP contribution in [-0.4, -0.2) is 47.9 Å². The Labute approximate surface area is 212 Å². The topological polar surface area (TPSA) is 59.1 Å². The molecule has 0 unspecified atom stereocenters. The average Bonchev–Trinajstić information content (AvgIpc) is 3.25. The van der Waals surface area contributed by atoms with Crippen LogP contribution < -0.4 is 9.47 Å². The molecule has 0 aliphatic carbocycles. The third-order valence-electron chi connectivity index (χ3n) is 5.66. The zero-order valence-corrected chi connectivity index (χ0v) is 22.1. The fourth-order valence-corrected chi connectivity index (χ4v) is 4.64. The lowest BCUT2D eigenvalue weighted by Crippen LogP contribution is -2.51. The molecule has 0 fully saturated rings. The van der Waals surface area contributed by atoms with Crippen molar-refractivity contribution in [2.75, 3.05) is 20.8 Å². The van der Waals surface area contributed by atoms with Gasteiger partial charge in [0.2, 0.25) is 5.91 Å². The van der Waals surface area contributed by atoms with Gasteiger partial charge < -0.3 is 19.3 Å². The molecule has 0 radical (unpaired) electrons. The van der Waals surface area contributed by atoms with E-state index in [1.165, 1.54) is 4.88 Å². The van der Waals surface area contributed by atoms with E-state index in [1.54, 1.807) is 48.7 Å². The maximum Gasteiger partial charge on any atom is 0.255 e. The summed E-state index contributed by atoms with van der Waals surface area (Å²) in [6, 6.07) is 19.1. The minimum absolute atomic E-state index is 0.0426. The number of benzene rings is 2. The highest BCUT2D eigenvalue weighted by Crippen LogP contribution is 2.26. The van der Waals surface area contributed by atoms with Crippen molar-refractivity contribution in [1.82, 2.24) is 9.80 Å². The molecule has 0 aliphatic rings. The van der Waals surface area contributed by atoms with Crippen molar-refractivity contribution in [3.63, 3.8) is 0 Å². The first-order chi connectivity index (χ1) is 16.6. The summed E-state index contributed by atoms with van der Waals surface area (Å²) in [6.45, 7) is 8.76. The highest BCUT2D eigenvalue weighted by Gasteiger charge is 2.31. The Morgan fingerprint density at radius 3 is 2.03 bits per heavy atom. The molecule has 0 saturated heterocycles. The lowest BCUT2D eigenvalue weighted by Gasteiger charge is -2.37. The van der Waals surface area contributed by atoms with Gasteiger partial charge in [0.1, 0.15) is 18.0 Å². The molecule has 7 heteroatoms. The quantitative estimate of drug-likeness (QED) is 0.392. The largest absolute Gasteiger partial charge is 0.497 e. The first-order valence-corrected chi connectivity index (χ1v) is 12.3. The molecule has 35 heavy (non-hydrogen) atoms. The lowest BCUT2D eigenvalue weighted by molar-refractivity contribution is -0.134. The van der Waals surface area contributed by atoms with Gasteiger partial charge in [-0.1, -0.05) is 30.3 Å². The van der Waals surface area contributed by atoms with Gasteiger partial charge >= 0.3 is 0 Å². The number of hydrogen-bond acceptors (Lipinski definition) is 5. The normalized spacial score (nSPS) is 11.1. The van der Waals surface area contributed by atoms with E-state index < -0.39 is 5.54 Å². The van der Waals surface area contributed by atoms with E-state index in [1.807, 2.05) is 56.0 Å². The number of aryl methyl sites for hydroxylation is 1. The van der Waals surface area contributed by atoms with Crippen LogP contribution in [0, 0.1) is 6.92 Å². The highest BCUT2D eigenvalue weighted by atomic mass is 32.1. The van der Waals surface area contributed by atoms with Gasteiger partial charge in [-0.2, -0.15) is 0 Å². The van der Waals surface area contributed by atoms with E-state index in [0.29, 0.717) is 30.2 Å². The summed E-state index contributed by atoms with van der Waals surface area (Å²) < 4.78 is 10.7. The molecule has 0 aliphatic heterocycles. The second-order valence-electron chi connectivity index (χ2n) is 9.41. The van der Waals surface area contributed by atoms with Crippen LogP contribution in [0.25, 0.3) is 0 Å². The van der Waals surface area contributed by atoms with Crippen LogP contribution >= 0.6 is 11.3 Å². The van der Waals surface area contributed by atoms with Crippen molar-refractivity contribution in [2.45, 2.75) is 46.3 Å². The number of carbonyl (C=O) groups is 2. The van der Waals surface area contributed by atoms with Crippen LogP contribution in [0.2, 0.25) is 0 Å². The summed E-state index contributed by atoms with van der Waals surface area (Å²) in [5.41, 5.74) is 0.869. The van der Waals surface area contributed by atoms with Gasteiger partial charge in [-0.05, 0) is 57.5 Å². The second kappa shape index (κ2) is 11.4. The van der Waals surface area contributed by atoms with Crippen LogP contribution in [0.4, 0.5) is 0 Å². The van der Waals surface area contributed by atoms with Crippen LogP contribution in [0.15, 0.2) is 60.7 Å². The minimum Gasteiger partial charge on any atom is -0.497 e. The summed E-state index contributed by atoms with van der Waals surface area (Å²) >= 11 is 1.68. The fourth-order valence-electron chi connectivity index (χ4n) is 3.73. The summed E-state index contributed by atoms with van der Waals surface area (Å²) in [5, 5.41) is 0. The Morgan fingerprint density at radius 1 is 0.886 bits per heavy atom. The highest BCUT2D eigenvalue weighted by molar-refractivity contribution is 7.11. The number of methoxy groups -OCH3 is 2. The smallest absolute Gasteiger partial charge is 0.255 e. The number of rotatable bonds is 9. The fraction of sp³-hybridized carbons (Fsp3) is 0.357. The third kappa shape index (κ3) is 7.09.